The number of ether oxygens (including phenoxy) is 1. The molecular formula is C13H16N2O3. The highest BCUT2D eigenvalue weighted by molar-refractivity contribution is 5.99. The molecule has 5 heteroatoms. The third-order valence-electron chi connectivity index (χ3n) is 2.91. The van der Waals surface area contributed by atoms with E-state index < -0.39 is 0 Å². The molecule has 1 heterocycles. The Hall–Kier alpha value is -2.04. The van der Waals surface area contributed by atoms with Crippen molar-refractivity contribution in [3.63, 3.8) is 0 Å². The minimum absolute atomic E-state index is 0.107. The van der Waals surface area contributed by atoms with Gasteiger partial charge in [0, 0.05) is 13.1 Å². The van der Waals surface area contributed by atoms with Crippen molar-refractivity contribution in [2.75, 3.05) is 26.7 Å². The minimum atomic E-state index is -0.165. The number of benzene rings is 1. The molecule has 1 aliphatic rings. The van der Waals surface area contributed by atoms with Crippen LogP contribution >= 0.6 is 0 Å². The molecule has 0 radical (unpaired) electrons. The number of aryl methyl sites for hydroxylation is 1. The Labute approximate surface area is 106 Å². The molecule has 1 aromatic rings. The SMILES string of the molecule is COc1cc(C)ccc1C(=O)N1CCNC(=O)C1. The van der Waals surface area contributed by atoms with Crippen LogP contribution in [0, 0.1) is 6.92 Å². The second-order valence-corrected chi connectivity index (χ2v) is 4.28. The molecule has 1 aromatic carbocycles. The maximum atomic E-state index is 12.3. The predicted molar refractivity (Wildman–Crippen MR) is 66.6 cm³/mol. The summed E-state index contributed by atoms with van der Waals surface area (Å²) in [5.41, 5.74) is 1.53. The third-order valence-corrected chi connectivity index (χ3v) is 2.91. The van der Waals surface area contributed by atoms with Crippen LogP contribution in [0.4, 0.5) is 0 Å². The summed E-state index contributed by atoms with van der Waals surface area (Å²) in [7, 11) is 1.54. The predicted octanol–water partition coefficient (Wildman–Crippen LogP) is 0.576. The summed E-state index contributed by atoms with van der Waals surface area (Å²) in [4.78, 5) is 25.1. The molecule has 0 aliphatic carbocycles. The number of carbonyl (C=O) groups is 2. The van der Waals surface area contributed by atoms with E-state index in [1.54, 1.807) is 6.07 Å². The van der Waals surface area contributed by atoms with Gasteiger partial charge in [-0.3, -0.25) is 9.59 Å². The highest BCUT2D eigenvalue weighted by Gasteiger charge is 2.24. The lowest BCUT2D eigenvalue weighted by Gasteiger charge is -2.27. The zero-order valence-electron chi connectivity index (χ0n) is 10.5. The van der Waals surface area contributed by atoms with Gasteiger partial charge >= 0.3 is 0 Å². The average Bonchev–Trinajstić information content (AvgIpc) is 2.37. The normalized spacial score (nSPS) is 15.2. The van der Waals surface area contributed by atoms with Gasteiger partial charge in [0.1, 0.15) is 5.75 Å². The lowest BCUT2D eigenvalue weighted by Crippen LogP contribution is -2.50. The van der Waals surface area contributed by atoms with Crippen molar-refractivity contribution in [2.24, 2.45) is 0 Å². The number of amides is 2. The van der Waals surface area contributed by atoms with Gasteiger partial charge in [0.05, 0.1) is 19.2 Å². The van der Waals surface area contributed by atoms with Crippen LogP contribution in [0.15, 0.2) is 18.2 Å². The van der Waals surface area contributed by atoms with Crippen LogP contribution in [-0.2, 0) is 4.79 Å². The van der Waals surface area contributed by atoms with E-state index in [9.17, 15) is 9.59 Å². The topological polar surface area (TPSA) is 58.6 Å². The van der Waals surface area contributed by atoms with Crippen molar-refractivity contribution < 1.29 is 14.3 Å². The lowest BCUT2D eigenvalue weighted by atomic mass is 10.1. The number of hydrogen-bond acceptors (Lipinski definition) is 3. The van der Waals surface area contributed by atoms with Gasteiger partial charge < -0.3 is 15.0 Å². The highest BCUT2D eigenvalue weighted by atomic mass is 16.5. The molecule has 96 valence electrons. The largest absolute Gasteiger partial charge is 0.496 e. The van der Waals surface area contributed by atoms with Gasteiger partial charge in [-0.15, -0.1) is 0 Å². The number of carbonyl (C=O) groups excluding carboxylic acids is 2. The van der Waals surface area contributed by atoms with E-state index in [1.807, 2.05) is 19.1 Å². The molecule has 2 amide bonds. The molecule has 0 spiro atoms. The number of rotatable bonds is 2. The van der Waals surface area contributed by atoms with Crippen LogP contribution in [0.3, 0.4) is 0 Å². The number of hydrogen-bond donors (Lipinski definition) is 1. The molecule has 5 nitrogen and oxygen atoms in total. The summed E-state index contributed by atoms with van der Waals surface area (Å²) >= 11 is 0. The Kier molecular flexibility index (Phi) is 3.50. The van der Waals surface area contributed by atoms with E-state index in [4.69, 9.17) is 4.74 Å². The van der Waals surface area contributed by atoms with Crippen LogP contribution in [0.1, 0.15) is 15.9 Å². The molecule has 1 N–H and O–H groups in total. The van der Waals surface area contributed by atoms with Crippen LogP contribution in [0.25, 0.3) is 0 Å². The Morgan fingerprint density at radius 1 is 1.44 bits per heavy atom. The van der Waals surface area contributed by atoms with Crippen LogP contribution in [0.5, 0.6) is 5.75 Å². The monoisotopic (exact) mass is 248 g/mol. The fourth-order valence-corrected chi connectivity index (χ4v) is 1.96. The quantitative estimate of drug-likeness (QED) is 0.832. The van der Waals surface area contributed by atoms with E-state index >= 15 is 0 Å². The average molecular weight is 248 g/mol. The summed E-state index contributed by atoms with van der Waals surface area (Å²) in [6.07, 6.45) is 0. The standard InChI is InChI=1S/C13H16N2O3/c1-9-3-4-10(11(7-9)18-2)13(17)15-6-5-14-12(16)8-15/h3-4,7H,5-6,8H2,1-2H3,(H,14,16). The summed E-state index contributed by atoms with van der Waals surface area (Å²) < 4.78 is 5.22. The first-order chi connectivity index (χ1) is 8.61. The highest BCUT2D eigenvalue weighted by Crippen LogP contribution is 2.21. The first-order valence-electron chi connectivity index (χ1n) is 5.82. The Morgan fingerprint density at radius 2 is 2.22 bits per heavy atom. The summed E-state index contributed by atoms with van der Waals surface area (Å²) in [5.74, 6) is 0.258. The van der Waals surface area contributed by atoms with Crippen molar-refractivity contribution in [3.8, 4) is 5.75 Å². The maximum Gasteiger partial charge on any atom is 0.258 e. The fourth-order valence-electron chi connectivity index (χ4n) is 1.96. The van der Waals surface area contributed by atoms with Crippen LogP contribution in [-0.4, -0.2) is 43.5 Å². The van der Waals surface area contributed by atoms with E-state index in [0.29, 0.717) is 24.4 Å². The third kappa shape index (κ3) is 2.45. The van der Waals surface area contributed by atoms with E-state index in [2.05, 4.69) is 5.32 Å². The van der Waals surface area contributed by atoms with Crippen molar-refractivity contribution in [1.29, 1.82) is 0 Å². The molecule has 0 bridgehead atoms. The number of nitrogens with one attached hydrogen (secondary N) is 1. The van der Waals surface area contributed by atoms with E-state index in [-0.39, 0.29) is 18.4 Å². The van der Waals surface area contributed by atoms with Gasteiger partial charge in [0.2, 0.25) is 5.91 Å². The second kappa shape index (κ2) is 5.08. The number of nitrogens with zero attached hydrogens (tertiary/aromatic N) is 1. The number of methoxy groups -OCH3 is 1. The first kappa shape index (κ1) is 12.4. The van der Waals surface area contributed by atoms with Crippen molar-refractivity contribution in [3.05, 3.63) is 29.3 Å². The lowest BCUT2D eigenvalue weighted by molar-refractivity contribution is -0.123. The zero-order chi connectivity index (χ0) is 13.1. The van der Waals surface area contributed by atoms with E-state index in [0.717, 1.165) is 5.56 Å². The van der Waals surface area contributed by atoms with Gasteiger partial charge in [-0.25, -0.2) is 0 Å². The summed E-state index contributed by atoms with van der Waals surface area (Å²) in [6.45, 7) is 3.07. The summed E-state index contributed by atoms with van der Waals surface area (Å²) in [5, 5.41) is 2.69. The van der Waals surface area contributed by atoms with Gasteiger partial charge in [-0.2, -0.15) is 0 Å². The van der Waals surface area contributed by atoms with Crippen molar-refractivity contribution in [2.45, 2.75) is 6.92 Å². The Balaban J connectivity index is 2.25. The zero-order valence-corrected chi connectivity index (χ0v) is 10.5. The summed E-state index contributed by atoms with van der Waals surface area (Å²) in [6, 6.07) is 5.42. The molecule has 18 heavy (non-hydrogen) atoms. The smallest absolute Gasteiger partial charge is 0.258 e. The van der Waals surface area contributed by atoms with E-state index in [1.165, 1.54) is 12.0 Å². The van der Waals surface area contributed by atoms with Gasteiger partial charge in [0.25, 0.3) is 5.91 Å². The molecule has 1 fully saturated rings. The molecule has 1 aliphatic heterocycles. The van der Waals surface area contributed by atoms with Gasteiger partial charge in [-0.05, 0) is 24.6 Å². The molecule has 2 rings (SSSR count). The van der Waals surface area contributed by atoms with Crippen molar-refractivity contribution in [1.82, 2.24) is 10.2 Å². The van der Waals surface area contributed by atoms with Crippen molar-refractivity contribution >= 4 is 11.8 Å². The Bertz CT molecular complexity index is 485. The van der Waals surface area contributed by atoms with Crippen LogP contribution in [0.2, 0.25) is 0 Å². The van der Waals surface area contributed by atoms with Gasteiger partial charge in [-0.1, -0.05) is 6.07 Å². The molecule has 1 saturated heterocycles. The number of piperazine rings is 1. The van der Waals surface area contributed by atoms with Crippen LogP contribution < -0.4 is 10.1 Å². The van der Waals surface area contributed by atoms with Gasteiger partial charge in [0.15, 0.2) is 0 Å². The Morgan fingerprint density at radius 3 is 2.89 bits per heavy atom. The molecule has 0 unspecified atom stereocenters. The minimum Gasteiger partial charge on any atom is -0.496 e. The molecular weight excluding hydrogens is 232 g/mol. The fraction of sp³-hybridized carbons (Fsp3) is 0.385. The first-order valence-corrected chi connectivity index (χ1v) is 5.82. The maximum absolute atomic E-state index is 12.3. The second-order valence-electron chi connectivity index (χ2n) is 4.28. The molecule has 0 atom stereocenters. The molecule has 0 aromatic heterocycles. The molecule has 0 saturated carbocycles.